The van der Waals surface area contributed by atoms with Crippen molar-refractivity contribution >= 4 is 17.5 Å². The molecule has 2 unspecified atom stereocenters. The lowest BCUT2D eigenvalue weighted by molar-refractivity contribution is 0.0916. The smallest absolute Gasteiger partial charge is 0.256 e. The minimum Gasteiger partial charge on any atom is -0.396 e. The number of rotatable bonds is 5. The van der Waals surface area contributed by atoms with E-state index in [1.807, 2.05) is 44.2 Å². The fourth-order valence-electron chi connectivity index (χ4n) is 2.08. The first-order valence-corrected chi connectivity index (χ1v) is 7.55. The van der Waals surface area contributed by atoms with Gasteiger partial charge in [0.05, 0.1) is 16.9 Å². The van der Waals surface area contributed by atoms with E-state index in [4.69, 9.17) is 16.7 Å². The minimum absolute atomic E-state index is 0.0113. The SMILES string of the molecule is Cc1nn(-c2ccccc2)c(Cl)c1C(=O)NC(C)C(C)CO. The van der Waals surface area contributed by atoms with E-state index in [0.29, 0.717) is 11.3 Å². The molecule has 22 heavy (non-hydrogen) atoms. The molecule has 0 spiro atoms. The number of hydrogen-bond donors (Lipinski definition) is 2. The topological polar surface area (TPSA) is 67.2 Å². The number of carbonyl (C=O) groups excluding carboxylic acids is 1. The number of benzene rings is 1. The highest BCUT2D eigenvalue weighted by Crippen LogP contribution is 2.23. The zero-order valence-corrected chi connectivity index (χ0v) is 13.6. The normalized spacial score (nSPS) is 13.7. The van der Waals surface area contributed by atoms with Crippen molar-refractivity contribution < 1.29 is 9.90 Å². The summed E-state index contributed by atoms with van der Waals surface area (Å²) >= 11 is 6.35. The molecule has 2 rings (SSSR count). The van der Waals surface area contributed by atoms with Crippen LogP contribution < -0.4 is 5.32 Å². The van der Waals surface area contributed by atoms with E-state index >= 15 is 0 Å². The van der Waals surface area contributed by atoms with Gasteiger partial charge in [-0.15, -0.1) is 0 Å². The number of carbonyl (C=O) groups is 1. The van der Waals surface area contributed by atoms with Crippen molar-refractivity contribution in [2.45, 2.75) is 26.8 Å². The van der Waals surface area contributed by atoms with Gasteiger partial charge >= 0.3 is 0 Å². The molecule has 0 saturated heterocycles. The Morgan fingerprint density at radius 2 is 2.00 bits per heavy atom. The maximum absolute atomic E-state index is 12.4. The summed E-state index contributed by atoms with van der Waals surface area (Å²) in [5, 5.41) is 16.6. The number of halogens is 1. The van der Waals surface area contributed by atoms with Crippen molar-refractivity contribution in [1.82, 2.24) is 15.1 Å². The second-order valence-corrected chi connectivity index (χ2v) is 5.78. The third kappa shape index (κ3) is 3.31. The second kappa shape index (κ2) is 6.94. The first-order valence-electron chi connectivity index (χ1n) is 7.18. The van der Waals surface area contributed by atoms with E-state index in [1.165, 1.54) is 0 Å². The van der Waals surface area contributed by atoms with E-state index in [1.54, 1.807) is 11.6 Å². The molecule has 0 saturated carbocycles. The summed E-state index contributed by atoms with van der Waals surface area (Å²) in [5.41, 5.74) is 1.73. The number of nitrogens with one attached hydrogen (secondary N) is 1. The van der Waals surface area contributed by atoms with E-state index < -0.39 is 0 Å². The monoisotopic (exact) mass is 321 g/mol. The Morgan fingerprint density at radius 1 is 1.36 bits per heavy atom. The van der Waals surface area contributed by atoms with Crippen LogP contribution in [0.5, 0.6) is 0 Å². The van der Waals surface area contributed by atoms with Crippen molar-refractivity contribution in [1.29, 1.82) is 0 Å². The molecule has 6 heteroatoms. The van der Waals surface area contributed by atoms with Crippen molar-refractivity contribution in [2.24, 2.45) is 5.92 Å². The summed E-state index contributed by atoms with van der Waals surface area (Å²) in [6.45, 7) is 5.48. The Labute approximate surface area is 134 Å². The highest BCUT2D eigenvalue weighted by atomic mass is 35.5. The second-order valence-electron chi connectivity index (χ2n) is 5.42. The highest BCUT2D eigenvalue weighted by Gasteiger charge is 2.23. The molecule has 2 N–H and O–H groups in total. The maximum atomic E-state index is 12.4. The van der Waals surface area contributed by atoms with Crippen LogP contribution in [0.15, 0.2) is 30.3 Å². The Hall–Kier alpha value is -1.85. The van der Waals surface area contributed by atoms with Gasteiger partial charge in [-0.3, -0.25) is 4.79 Å². The fraction of sp³-hybridized carbons (Fsp3) is 0.375. The standard InChI is InChI=1S/C16H20ClN3O2/c1-10(9-21)11(2)18-16(22)14-12(3)19-20(15(14)17)13-7-5-4-6-8-13/h4-8,10-11,21H,9H2,1-3H3,(H,18,22). The van der Waals surface area contributed by atoms with Gasteiger partial charge in [0.2, 0.25) is 0 Å². The van der Waals surface area contributed by atoms with E-state index in [9.17, 15) is 4.79 Å². The number of nitrogens with zero attached hydrogens (tertiary/aromatic N) is 2. The van der Waals surface area contributed by atoms with Gasteiger partial charge in [0.1, 0.15) is 5.15 Å². The molecular weight excluding hydrogens is 302 g/mol. The summed E-state index contributed by atoms with van der Waals surface area (Å²) in [7, 11) is 0. The number of aliphatic hydroxyl groups is 1. The van der Waals surface area contributed by atoms with Gasteiger partial charge in [0.25, 0.3) is 5.91 Å². The third-order valence-electron chi connectivity index (χ3n) is 3.73. The van der Waals surface area contributed by atoms with Crippen molar-refractivity contribution in [2.75, 3.05) is 6.61 Å². The molecule has 1 aromatic carbocycles. The molecule has 0 fully saturated rings. The molecule has 1 amide bonds. The van der Waals surface area contributed by atoms with Gasteiger partial charge in [0.15, 0.2) is 0 Å². The fourth-order valence-corrected chi connectivity index (χ4v) is 2.43. The molecule has 0 aliphatic carbocycles. The minimum atomic E-state index is -0.280. The molecular formula is C16H20ClN3O2. The first-order chi connectivity index (χ1) is 10.5. The largest absolute Gasteiger partial charge is 0.396 e. The lowest BCUT2D eigenvalue weighted by Crippen LogP contribution is -2.38. The molecule has 2 atom stereocenters. The number of aliphatic hydroxyl groups excluding tert-OH is 1. The number of aromatic nitrogens is 2. The first kappa shape index (κ1) is 16.5. The molecule has 0 aliphatic heterocycles. The third-order valence-corrected chi connectivity index (χ3v) is 4.08. The van der Waals surface area contributed by atoms with E-state index in [-0.39, 0.29) is 29.6 Å². The Kier molecular flexibility index (Phi) is 5.21. The van der Waals surface area contributed by atoms with Crippen LogP contribution in [0.4, 0.5) is 0 Å². The molecule has 2 aromatic rings. The summed E-state index contributed by atoms with van der Waals surface area (Å²) in [4.78, 5) is 12.4. The average Bonchev–Trinajstić information content (AvgIpc) is 2.82. The number of hydrogen-bond acceptors (Lipinski definition) is 3. The quantitative estimate of drug-likeness (QED) is 0.889. The Morgan fingerprint density at radius 3 is 2.59 bits per heavy atom. The Bertz CT molecular complexity index is 655. The maximum Gasteiger partial charge on any atom is 0.256 e. The number of amides is 1. The molecule has 1 aromatic heterocycles. The van der Waals surface area contributed by atoms with Crippen LogP contribution in [-0.4, -0.2) is 33.4 Å². The lowest BCUT2D eigenvalue weighted by atomic mass is 10.0. The van der Waals surface area contributed by atoms with Gasteiger partial charge in [-0.2, -0.15) is 5.10 Å². The predicted molar refractivity (Wildman–Crippen MR) is 86.5 cm³/mol. The summed E-state index contributed by atoms with van der Waals surface area (Å²) in [5.74, 6) is -0.315. The van der Waals surface area contributed by atoms with Crippen LogP contribution >= 0.6 is 11.6 Å². The van der Waals surface area contributed by atoms with Crippen molar-refractivity contribution in [3.63, 3.8) is 0 Å². The molecule has 0 radical (unpaired) electrons. The number of aryl methyl sites for hydroxylation is 1. The molecule has 1 heterocycles. The molecule has 118 valence electrons. The highest BCUT2D eigenvalue weighted by molar-refractivity contribution is 6.33. The van der Waals surface area contributed by atoms with Gasteiger partial charge < -0.3 is 10.4 Å². The van der Waals surface area contributed by atoms with Gasteiger partial charge in [-0.25, -0.2) is 4.68 Å². The molecule has 0 bridgehead atoms. The van der Waals surface area contributed by atoms with Gasteiger partial charge in [-0.1, -0.05) is 36.7 Å². The van der Waals surface area contributed by atoms with E-state index in [0.717, 1.165) is 5.69 Å². The average molecular weight is 322 g/mol. The molecule has 5 nitrogen and oxygen atoms in total. The summed E-state index contributed by atoms with van der Waals surface area (Å²) < 4.78 is 1.55. The van der Waals surface area contributed by atoms with Gasteiger partial charge in [0, 0.05) is 12.6 Å². The Balaban J connectivity index is 2.29. The van der Waals surface area contributed by atoms with Crippen LogP contribution in [0.1, 0.15) is 29.9 Å². The van der Waals surface area contributed by atoms with Crippen LogP contribution in [0, 0.1) is 12.8 Å². The predicted octanol–water partition coefficient (Wildman–Crippen LogP) is 2.58. The summed E-state index contributed by atoms with van der Waals surface area (Å²) in [6, 6.07) is 9.25. The van der Waals surface area contributed by atoms with E-state index in [2.05, 4.69) is 10.4 Å². The zero-order chi connectivity index (χ0) is 16.3. The number of para-hydroxylation sites is 1. The van der Waals surface area contributed by atoms with Crippen LogP contribution in [0.25, 0.3) is 5.69 Å². The zero-order valence-electron chi connectivity index (χ0n) is 12.9. The van der Waals surface area contributed by atoms with Crippen molar-refractivity contribution in [3.8, 4) is 5.69 Å². The van der Waals surface area contributed by atoms with Crippen LogP contribution in [0.3, 0.4) is 0 Å². The molecule has 0 aliphatic rings. The lowest BCUT2D eigenvalue weighted by Gasteiger charge is -2.19. The van der Waals surface area contributed by atoms with Crippen molar-refractivity contribution in [3.05, 3.63) is 46.7 Å². The van der Waals surface area contributed by atoms with Crippen LogP contribution in [0.2, 0.25) is 5.15 Å². The summed E-state index contributed by atoms with van der Waals surface area (Å²) in [6.07, 6.45) is 0. The van der Waals surface area contributed by atoms with Gasteiger partial charge in [-0.05, 0) is 31.9 Å². The van der Waals surface area contributed by atoms with Crippen LogP contribution in [-0.2, 0) is 0 Å².